The van der Waals surface area contributed by atoms with E-state index in [9.17, 15) is 18.0 Å². The molecular formula is C20H20ClF3N6O2. The molecule has 4 N–H and O–H groups in total. The number of aromatic nitrogens is 3. The summed E-state index contributed by atoms with van der Waals surface area (Å²) in [7, 11) is 0. The number of nitrogens with zero attached hydrogens (tertiary/aromatic N) is 3. The van der Waals surface area contributed by atoms with Gasteiger partial charge in [0.2, 0.25) is 0 Å². The second-order valence-electron chi connectivity index (χ2n) is 7.64. The van der Waals surface area contributed by atoms with Crippen molar-refractivity contribution in [2.24, 2.45) is 0 Å². The molecular weight excluding hydrogens is 449 g/mol. The van der Waals surface area contributed by atoms with Gasteiger partial charge < -0.3 is 15.8 Å². The van der Waals surface area contributed by atoms with Crippen molar-refractivity contribution in [2.45, 2.75) is 38.0 Å². The van der Waals surface area contributed by atoms with Crippen LogP contribution in [0.4, 0.5) is 18.9 Å². The molecule has 32 heavy (non-hydrogen) atoms. The lowest BCUT2D eigenvalue weighted by Crippen LogP contribution is -2.45. The second-order valence-corrected chi connectivity index (χ2v) is 8.03. The zero-order valence-electron chi connectivity index (χ0n) is 16.9. The van der Waals surface area contributed by atoms with Crippen LogP contribution < -0.4 is 16.1 Å². The number of imidazole rings is 1. The summed E-state index contributed by atoms with van der Waals surface area (Å²) in [5.74, 6) is -0.126. The van der Waals surface area contributed by atoms with Crippen LogP contribution in [0.15, 0.2) is 30.5 Å². The van der Waals surface area contributed by atoms with Gasteiger partial charge in [0.1, 0.15) is 6.04 Å². The zero-order valence-corrected chi connectivity index (χ0v) is 17.6. The van der Waals surface area contributed by atoms with Crippen LogP contribution in [0.1, 0.15) is 28.8 Å². The first-order chi connectivity index (χ1) is 15.2. The van der Waals surface area contributed by atoms with Crippen LogP contribution in [-0.2, 0) is 0 Å². The third-order valence-electron chi connectivity index (χ3n) is 5.16. The minimum atomic E-state index is -4.65. The molecule has 0 radical (unpaired) electrons. The van der Waals surface area contributed by atoms with Crippen LogP contribution in [0.3, 0.4) is 0 Å². The fraction of sp³-hybridized carbons (Fsp3) is 0.350. The molecule has 1 aliphatic rings. The lowest BCUT2D eigenvalue weighted by Gasteiger charge is -2.19. The number of halogens is 4. The summed E-state index contributed by atoms with van der Waals surface area (Å²) in [5, 5.41) is 18.6. The summed E-state index contributed by atoms with van der Waals surface area (Å²) in [6.45, 7) is 1.17. The molecule has 170 valence electrons. The number of hydrogen-bond acceptors (Lipinski definition) is 6. The van der Waals surface area contributed by atoms with E-state index < -0.39 is 18.8 Å². The molecule has 0 spiro atoms. The number of carbonyl (C=O) groups excluding carboxylic acids is 1. The fourth-order valence-electron chi connectivity index (χ4n) is 3.28. The normalized spacial score (nSPS) is 15.1. The Bertz CT molecular complexity index is 1160. The van der Waals surface area contributed by atoms with Gasteiger partial charge in [0.05, 0.1) is 17.6 Å². The summed E-state index contributed by atoms with van der Waals surface area (Å²) in [6, 6.07) is 4.71. The Balaban J connectivity index is 1.63. The van der Waals surface area contributed by atoms with Gasteiger partial charge in [-0.2, -0.15) is 23.8 Å². The number of anilines is 1. The fourth-order valence-corrected chi connectivity index (χ4v) is 3.47. The molecule has 4 rings (SSSR count). The number of alkyl halides is 3. The Labute approximate surface area is 185 Å². The predicted octanol–water partition coefficient (Wildman–Crippen LogP) is 3.57. The van der Waals surface area contributed by atoms with Gasteiger partial charge in [-0.25, -0.2) is 9.50 Å². The van der Waals surface area contributed by atoms with Gasteiger partial charge in [-0.3, -0.25) is 4.79 Å². The molecule has 8 nitrogen and oxygen atoms in total. The van der Waals surface area contributed by atoms with Crippen molar-refractivity contribution in [3.8, 4) is 11.3 Å². The quantitative estimate of drug-likeness (QED) is 0.395. The third kappa shape index (κ3) is 4.64. The standard InChI is InChI=1S/C20H20ClF3N6O2/c1-10-6-11(2-5-13(10)19(31)27-12-3-4-12)15-8-26-18-14(7-17(21)28-30(15)18)25-9-16(29-32)20(22,23)24/h2,5-8,12,16,25,29,32H,3-4,9H2,1H3,(H,27,31). The van der Waals surface area contributed by atoms with E-state index in [0.717, 1.165) is 18.4 Å². The zero-order chi connectivity index (χ0) is 23.0. The molecule has 2 aromatic heterocycles. The summed E-state index contributed by atoms with van der Waals surface area (Å²) in [6.07, 6.45) is -1.15. The van der Waals surface area contributed by atoms with E-state index in [1.165, 1.54) is 22.3 Å². The summed E-state index contributed by atoms with van der Waals surface area (Å²) >= 11 is 6.09. The van der Waals surface area contributed by atoms with E-state index in [-0.39, 0.29) is 28.4 Å². The van der Waals surface area contributed by atoms with E-state index in [2.05, 4.69) is 20.7 Å². The van der Waals surface area contributed by atoms with Crippen molar-refractivity contribution < 1.29 is 23.2 Å². The predicted molar refractivity (Wildman–Crippen MR) is 112 cm³/mol. The molecule has 0 aliphatic heterocycles. The summed E-state index contributed by atoms with van der Waals surface area (Å²) in [4.78, 5) is 16.6. The number of carbonyl (C=O) groups is 1. The lowest BCUT2D eigenvalue weighted by atomic mass is 10.0. The van der Waals surface area contributed by atoms with Crippen LogP contribution in [0.25, 0.3) is 16.9 Å². The Hall–Kier alpha value is -2.89. The highest BCUT2D eigenvalue weighted by molar-refractivity contribution is 6.29. The first kappa shape index (κ1) is 22.3. The Morgan fingerprint density at radius 3 is 2.72 bits per heavy atom. The number of aryl methyl sites for hydroxylation is 1. The van der Waals surface area contributed by atoms with Gasteiger partial charge in [0.25, 0.3) is 5.91 Å². The molecule has 0 saturated heterocycles. The van der Waals surface area contributed by atoms with Crippen molar-refractivity contribution in [2.75, 3.05) is 11.9 Å². The highest BCUT2D eigenvalue weighted by Gasteiger charge is 2.39. The number of amides is 1. The second kappa shape index (κ2) is 8.57. The Morgan fingerprint density at radius 2 is 2.09 bits per heavy atom. The first-order valence-electron chi connectivity index (χ1n) is 9.83. The van der Waals surface area contributed by atoms with Gasteiger partial charge >= 0.3 is 6.18 Å². The monoisotopic (exact) mass is 468 g/mol. The van der Waals surface area contributed by atoms with Crippen LogP contribution in [0, 0.1) is 6.92 Å². The van der Waals surface area contributed by atoms with Crippen molar-refractivity contribution in [1.29, 1.82) is 0 Å². The maximum Gasteiger partial charge on any atom is 0.407 e. The van der Waals surface area contributed by atoms with Gasteiger partial charge in [0, 0.05) is 29.8 Å². The highest BCUT2D eigenvalue weighted by atomic mass is 35.5. The Kier molecular flexibility index (Phi) is 5.97. The number of benzene rings is 1. The van der Waals surface area contributed by atoms with Crippen molar-refractivity contribution in [1.82, 2.24) is 25.4 Å². The Morgan fingerprint density at radius 1 is 1.34 bits per heavy atom. The number of hydrogen-bond donors (Lipinski definition) is 4. The number of nitrogens with one attached hydrogen (secondary N) is 3. The average Bonchev–Trinajstić information content (AvgIpc) is 3.42. The van der Waals surface area contributed by atoms with Crippen molar-refractivity contribution >= 4 is 28.8 Å². The first-order valence-corrected chi connectivity index (χ1v) is 10.2. The molecule has 1 aromatic carbocycles. The maximum atomic E-state index is 12.9. The molecule has 1 amide bonds. The number of rotatable bonds is 7. The topological polar surface area (TPSA) is 104 Å². The number of hydroxylamine groups is 1. The van der Waals surface area contributed by atoms with E-state index in [1.807, 2.05) is 13.0 Å². The molecule has 3 aromatic rings. The van der Waals surface area contributed by atoms with E-state index in [4.69, 9.17) is 16.8 Å². The molecule has 1 aliphatic carbocycles. The highest BCUT2D eigenvalue weighted by Crippen LogP contribution is 2.28. The lowest BCUT2D eigenvalue weighted by molar-refractivity contribution is -0.172. The molecule has 1 atom stereocenters. The van der Waals surface area contributed by atoms with Crippen LogP contribution in [0.5, 0.6) is 0 Å². The third-order valence-corrected chi connectivity index (χ3v) is 5.35. The molecule has 0 bridgehead atoms. The van der Waals surface area contributed by atoms with Gasteiger partial charge in [-0.05, 0) is 37.5 Å². The van der Waals surface area contributed by atoms with E-state index in [1.54, 1.807) is 12.1 Å². The molecule has 1 unspecified atom stereocenters. The van der Waals surface area contributed by atoms with Gasteiger partial charge in [0.15, 0.2) is 10.8 Å². The van der Waals surface area contributed by atoms with Crippen LogP contribution in [0.2, 0.25) is 5.15 Å². The van der Waals surface area contributed by atoms with Gasteiger partial charge in [-0.15, -0.1) is 0 Å². The molecule has 1 fully saturated rings. The van der Waals surface area contributed by atoms with Crippen LogP contribution >= 0.6 is 11.6 Å². The number of fused-ring (bicyclic) bond motifs is 1. The molecule has 1 saturated carbocycles. The largest absolute Gasteiger partial charge is 0.407 e. The summed E-state index contributed by atoms with van der Waals surface area (Å²) < 4.78 is 40.1. The van der Waals surface area contributed by atoms with E-state index in [0.29, 0.717) is 16.8 Å². The SMILES string of the molecule is Cc1cc(-c2cnc3c(NCC(NO)C(F)(F)F)cc(Cl)nn23)ccc1C(=O)NC1CC1. The maximum absolute atomic E-state index is 12.9. The van der Waals surface area contributed by atoms with Crippen molar-refractivity contribution in [3.63, 3.8) is 0 Å². The average molecular weight is 469 g/mol. The summed E-state index contributed by atoms with van der Waals surface area (Å²) in [5.41, 5.74) is 4.32. The molecule has 2 heterocycles. The van der Waals surface area contributed by atoms with E-state index >= 15 is 0 Å². The van der Waals surface area contributed by atoms with Crippen LogP contribution in [-0.4, -0.2) is 50.5 Å². The molecule has 12 heteroatoms. The van der Waals surface area contributed by atoms with Gasteiger partial charge in [-0.1, -0.05) is 17.7 Å². The van der Waals surface area contributed by atoms with Crippen molar-refractivity contribution in [3.05, 3.63) is 46.7 Å². The smallest absolute Gasteiger partial charge is 0.380 e. The minimum Gasteiger partial charge on any atom is -0.380 e. The minimum absolute atomic E-state index is 0.0388.